The lowest BCUT2D eigenvalue weighted by Gasteiger charge is -2.06. The molecule has 0 unspecified atom stereocenters. The third kappa shape index (κ3) is 4.37. The fourth-order valence-electron chi connectivity index (χ4n) is 2.70. The number of nitrogens with two attached hydrogens (primary N) is 1. The third-order valence-corrected chi connectivity index (χ3v) is 6.01. The van der Waals surface area contributed by atoms with Crippen LogP contribution in [0.2, 0.25) is 0 Å². The van der Waals surface area contributed by atoms with Gasteiger partial charge in [-0.2, -0.15) is 0 Å². The number of carbonyl (C=O) groups excluding carboxylic acids is 1. The summed E-state index contributed by atoms with van der Waals surface area (Å²) in [6, 6.07) is 0. The van der Waals surface area contributed by atoms with Crippen LogP contribution in [0.1, 0.15) is 50.3 Å². The predicted molar refractivity (Wildman–Crippen MR) is 94.3 cm³/mol. The molecule has 3 N–H and O–H groups in total. The second kappa shape index (κ2) is 7.99. The summed E-state index contributed by atoms with van der Waals surface area (Å²) < 4.78 is 0. The Labute approximate surface area is 144 Å². The Balaban J connectivity index is 1.42. The minimum absolute atomic E-state index is 0.0945. The lowest BCUT2D eigenvalue weighted by Crippen LogP contribution is -2.25. The van der Waals surface area contributed by atoms with Gasteiger partial charge >= 0.3 is 0 Å². The van der Waals surface area contributed by atoms with Gasteiger partial charge in [-0.1, -0.05) is 0 Å². The molecule has 0 fully saturated rings. The molecule has 0 spiro atoms. The van der Waals surface area contributed by atoms with Crippen LogP contribution in [0.15, 0.2) is 5.38 Å². The van der Waals surface area contributed by atoms with Gasteiger partial charge in [0.25, 0.3) is 5.91 Å². The number of rotatable bonds is 7. The number of thiazole rings is 2. The number of amides is 1. The van der Waals surface area contributed by atoms with E-state index in [9.17, 15) is 4.79 Å². The molecule has 23 heavy (non-hydrogen) atoms. The third-order valence-electron chi connectivity index (χ3n) is 3.89. The number of hydrogen-bond donors (Lipinski definition) is 2. The summed E-state index contributed by atoms with van der Waals surface area (Å²) in [5.41, 5.74) is 7.31. The van der Waals surface area contributed by atoms with Gasteiger partial charge < -0.3 is 11.1 Å². The lowest BCUT2D eigenvalue weighted by molar-refractivity contribution is 0.0948. The van der Waals surface area contributed by atoms with E-state index in [4.69, 9.17) is 10.7 Å². The first-order valence-electron chi connectivity index (χ1n) is 8.16. The first-order valence-corrected chi connectivity index (χ1v) is 9.86. The average Bonchev–Trinajstić information content (AvgIpc) is 3.18. The van der Waals surface area contributed by atoms with Gasteiger partial charge in [0.1, 0.15) is 5.69 Å². The van der Waals surface area contributed by atoms with E-state index in [0.717, 1.165) is 30.7 Å². The van der Waals surface area contributed by atoms with E-state index in [0.29, 0.717) is 18.8 Å². The SMILES string of the molecule is NCCc1nc(C(=O)NCCCc2nc3c(s2)CCCC3)cs1. The van der Waals surface area contributed by atoms with Crippen molar-refractivity contribution in [2.75, 3.05) is 13.1 Å². The standard InChI is InChI=1S/C16H22N4OS2/c17-8-7-14-20-12(10-22-14)16(21)18-9-3-6-15-19-11-4-1-2-5-13(11)23-15/h10H,1-9,17H2,(H,18,21). The summed E-state index contributed by atoms with van der Waals surface area (Å²) in [5, 5.41) is 6.87. The van der Waals surface area contributed by atoms with Crippen molar-refractivity contribution in [2.45, 2.75) is 44.9 Å². The van der Waals surface area contributed by atoms with E-state index in [1.165, 1.54) is 46.2 Å². The summed E-state index contributed by atoms with van der Waals surface area (Å²) in [6.07, 6.45) is 7.48. The summed E-state index contributed by atoms with van der Waals surface area (Å²) in [7, 11) is 0. The molecule has 7 heteroatoms. The van der Waals surface area contributed by atoms with Crippen LogP contribution in [0.25, 0.3) is 0 Å². The zero-order valence-corrected chi connectivity index (χ0v) is 14.8. The van der Waals surface area contributed by atoms with Crippen molar-refractivity contribution in [3.63, 3.8) is 0 Å². The maximum atomic E-state index is 12.0. The van der Waals surface area contributed by atoms with Crippen LogP contribution >= 0.6 is 22.7 Å². The molecule has 1 aliphatic carbocycles. The zero-order valence-electron chi connectivity index (χ0n) is 13.1. The van der Waals surface area contributed by atoms with Crippen LogP contribution < -0.4 is 11.1 Å². The van der Waals surface area contributed by atoms with Crippen molar-refractivity contribution in [1.29, 1.82) is 0 Å². The van der Waals surface area contributed by atoms with E-state index in [-0.39, 0.29) is 5.91 Å². The summed E-state index contributed by atoms with van der Waals surface area (Å²) >= 11 is 3.35. The largest absolute Gasteiger partial charge is 0.351 e. The van der Waals surface area contributed by atoms with Crippen LogP contribution in [-0.2, 0) is 25.7 Å². The van der Waals surface area contributed by atoms with Crippen molar-refractivity contribution in [3.05, 3.63) is 31.7 Å². The highest BCUT2D eigenvalue weighted by atomic mass is 32.1. The number of aromatic nitrogens is 2. The molecule has 0 aliphatic heterocycles. The van der Waals surface area contributed by atoms with Crippen molar-refractivity contribution < 1.29 is 4.79 Å². The Morgan fingerprint density at radius 1 is 1.22 bits per heavy atom. The fraction of sp³-hybridized carbons (Fsp3) is 0.562. The smallest absolute Gasteiger partial charge is 0.270 e. The molecule has 1 aliphatic rings. The summed E-state index contributed by atoms with van der Waals surface area (Å²) in [4.78, 5) is 22.5. The number of carbonyl (C=O) groups is 1. The van der Waals surface area contributed by atoms with Gasteiger partial charge in [0.05, 0.1) is 15.7 Å². The monoisotopic (exact) mass is 350 g/mol. The molecule has 3 rings (SSSR count). The molecule has 124 valence electrons. The van der Waals surface area contributed by atoms with Gasteiger partial charge in [0.15, 0.2) is 0 Å². The predicted octanol–water partition coefficient (Wildman–Crippen LogP) is 2.34. The Hall–Kier alpha value is -1.31. The number of fused-ring (bicyclic) bond motifs is 1. The number of nitrogens with zero attached hydrogens (tertiary/aromatic N) is 2. The Morgan fingerprint density at radius 2 is 2.09 bits per heavy atom. The fourth-order valence-corrected chi connectivity index (χ4v) is 4.69. The van der Waals surface area contributed by atoms with Crippen molar-refractivity contribution >= 4 is 28.6 Å². The van der Waals surface area contributed by atoms with Gasteiger partial charge in [0, 0.05) is 29.6 Å². The van der Waals surface area contributed by atoms with E-state index in [1.807, 2.05) is 11.3 Å². The first-order chi connectivity index (χ1) is 11.3. The van der Waals surface area contributed by atoms with Gasteiger partial charge in [-0.3, -0.25) is 4.79 Å². The molecule has 0 bridgehead atoms. The molecule has 0 radical (unpaired) electrons. The molecule has 0 saturated heterocycles. The van der Waals surface area contributed by atoms with Crippen molar-refractivity contribution in [3.8, 4) is 0 Å². The topological polar surface area (TPSA) is 80.9 Å². The minimum Gasteiger partial charge on any atom is -0.351 e. The molecule has 0 atom stereocenters. The van der Waals surface area contributed by atoms with Crippen LogP contribution in [0, 0.1) is 0 Å². The van der Waals surface area contributed by atoms with Crippen LogP contribution in [-0.4, -0.2) is 29.0 Å². The lowest BCUT2D eigenvalue weighted by atomic mass is 10.0. The maximum absolute atomic E-state index is 12.0. The van der Waals surface area contributed by atoms with E-state index in [1.54, 1.807) is 5.38 Å². The molecule has 2 heterocycles. The Kier molecular flexibility index (Phi) is 5.75. The molecule has 5 nitrogen and oxygen atoms in total. The molecule has 0 saturated carbocycles. The highest BCUT2D eigenvalue weighted by Gasteiger charge is 2.15. The molecule has 1 amide bonds. The summed E-state index contributed by atoms with van der Waals surface area (Å²) in [6.45, 7) is 1.22. The average molecular weight is 351 g/mol. The first kappa shape index (κ1) is 16.5. The van der Waals surface area contributed by atoms with Crippen LogP contribution in [0.4, 0.5) is 0 Å². The molecule has 2 aromatic heterocycles. The second-order valence-corrected chi connectivity index (χ2v) is 7.82. The maximum Gasteiger partial charge on any atom is 0.270 e. The van der Waals surface area contributed by atoms with Crippen LogP contribution in [0.5, 0.6) is 0 Å². The van der Waals surface area contributed by atoms with E-state index >= 15 is 0 Å². The van der Waals surface area contributed by atoms with Gasteiger partial charge in [-0.05, 0) is 38.6 Å². The zero-order chi connectivity index (χ0) is 16.1. The highest BCUT2D eigenvalue weighted by molar-refractivity contribution is 7.11. The van der Waals surface area contributed by atoms with Gasteiger partial charge in [-0.25, -0.2) is 9.97 Å². The normalized spacial score (nSPS) is 13.8. The van der Waals surface area contributed by atoms with Crippen LogP contribution in [0.3, 0.4) is 0 Å². The molecule has 2 aromatic rings. The molecule has 0 aromatic carbocycles. The Bertz CT molecular complexity index is 641. The minimum atomic E-state index is -0.0945. The molecular formula is C16H22N4OS2. The van der Waals surface area contributed by atoms with E-state index < -0.39 is 0 Å². The quantitative estimate of drug-likeness (QED) is 0.751. The van der Waals surface area contributed by atoms with Crippen molar-refractivity contribution in [1.82, 2.24) is 15.3 Å². The van der Waals surface area contributed by atoms with Crippen molar-refractivity contribution in [2.24, 2.45) is 5.73 Å². The Morgan fingerprint density at radius 3 is 2.91 bits per heavy atom. The number of hydrogen-bond acceptors (Lipinski definition) is 6. The van der Waals surface area contributed by atoms with Gasteiger partial charge in [0.2, 0.25) is 0 Å². The molecular weight excluding hydrogens is 328 g/mol. The number of aryl methyl sites for hydroxylation is 3. The van der Waals surface area contributed by atoms with Gasteiger partial charge in [-0.15, -0.1) is 22.7 Å². The highest BCUT2D eigenvalue weighted by Crippen LogP contribution is 2.27. The summed E-state index contributed by atoms with van der Waals surface area (Å²) in [5.74, 6) is -0.0945. The van der Waals surface area contributed by atoms with E-state index in [2.05, 4.69) is 10.3 Å². The number of nitrogens with one attached hydrogen (secondary N) is 1. The second-order valence-electron chi connectivity index (χ2n) is 5.71.